The third-order valence-electron chi connectivity index (χ3n) is 2.76. The third-order valence-corrected chi connectivity index (χ3v) is 2.76. The number of nitrogens with zero attached hydrogens (tertiary/aromatic N) is 2. The molecule has 0 amide bonds. The lowest BCUT2D eigenvalue weighted by atomic mass is 10.1. The molecule has 6 heteroatoms. The molecule has 0 aliphatic carbocycles. The molecule has 0 bridgehead atoms. The molecule has 98 valence electrons. The zero-order chi connectivity index (χ0) is 14.0. The van der Waals surface area contributed by atoms with Gasteiger partial charge in [-0.25, -0.2) is 14.6 Å². The highest BCUT2D eigenvalue weighted by Crippen LogP contribution is 2.13. The van der Waals surface area contributed by atoms with Gasteiger partial charge in [0.15, 0.2) is 0 Å². The SMILES string of the molecule is Cc1nccn1Cc1cc(C(=O)O)cc(C(=O)O)c1. The van der Waals surface area contributed by atoms with Gasteiger partial charge in [0, 0.05) is 18.9 Å². The summed E-state index contributed by atoms with van der Waals surface area (Å²) in [7, 11) is 0. The van der Waals surface area contributed by atoms with E-state index in [9.17, 15) is 9.59 Å². The topological polar surface area (TPSA) is 92.4 Å². The molecule has 6 nitrogen and oxygen atoms in total. The zero-order valence-electron chi connectivity index (χ0n) is 10.2. The summed E-state index contributed by atoms with van der Waals surface area (Å²) in [6, 6.07) is 4.08. The minimum Gasteiger partial charge on any atom is -0.478 e. The van der Waals surface area contributed by atoms with Crippen LogP contribution in [0, 0.1) is 6.92 Å². The molecule has 0 saturated heterocycles. The Hall–Kier alpha value is -2.63. The average molecular weight is 260 g/mol. The van der Waals surface area contributed by atoms with Crippen molar-refractivity contribution < 1.29 is 19.8 Å². The molecule has 0 unspecified atom stereocenters. The summed E-state index contributed by atoms with van der Waals surface area (Å²) in [5.74, 6) is -1.52. The van der Waals surface area contributed by atoms with Crippen molar-refractivity contribution in [3.05, 3.63) is 53.1 Å². The lowest BCUT2D eigenvalue weighted by Gasteiger charge is -2.08. The van der Waals surface area contributed by atoms with Gasteiger partial charge in [0.1, 0.15) is 5.82 Å². The summed E-state index contributed by atoms with van der Waals surface area (Å²) in [6.45, 7) is 2.20. The first-order valence-corrected chi connectivity index (χ1v) is 5.55. The monoisotopic (exact) mass is 260 g/mol. The maximum atomic E-state index is 11.0. The van der Waals surface area contributed by atoms with Gasteiger partial charge in [0.2, 0.25) is 0 Å². The molecular weight excluding hydrogens is 248 g/mol. The number of imidazole rings is 1. The van der Waals surface area contributed by atoms with Gasteiger partial charge in [-0.05, 0) is 30.7 Å². The first-order chi connectivity index (χ1) is 8.97. The molecule has 2 rings (SSSR count). The van der Waals surface area contributed by atoms with Crippen LogP contribution in [0.4, 0.5) is 0 Å². The Kier molecular flexibility index (Phi) is 3.33. The van der Waals surface area contributed by atoms with Crippen LogP contribution in [-0.4, -0.2) is 31.7 Å². The van der Waals surface area contributed by atoms with E-state index in [2.05, 4.69) is 4.98 Å². The van der Waals surface area contributed by atoms with E-state index in [1.807, 2.05) is 11.5 Å². The molecule has 1 heterocycles. The standard InChI is InChI=1S/C13H12N2O4/c1-8-14-2-3-15(8)7-9-4-10(12(16)17)6-11(5-9)13(18)19/h2-6H,7H2,1H3,(H,16,17)(H,18,19). The molecule has 0 saturated carbocycles. The summed E-state index contributed by atoms with van der Waals surface area (Å²) in [5, 5.41) is 18.0. The van der Waals surface area contributed by atoms with Crippen LogP contribution in [0.2, 0.25) is 0 Å². The van der Waals surface area contributed by atoms with Crippen LogP contribution in [0.25, 0.3) is 0 Å². The normalized spacial score (nSPS) is 10.4. The van der Waals surface area contributed by atoms with Crippen LogP contribution in [0.5, 0.6) is 0 Å². The first kappa shape index (κ1) is 12.8. The van der Waals surface area contributed by atoms with Gasteiger partial charge in [-0.1, -0.05) is 0 Å². The Balaban J connectivity index is 2.42. The van der Waals surface area contributed by atoms with E-state index >= 15 is 0 Å². The van der Waals surface area contributed by atoms with Gasteiger partial charge in [-0.2, -0.15) is 0 Å². The summed E-state index contributed by atoms with van der Waals surface area (Å²) in [6.07, 6.45) is 3.39. The number of hydrogen-bond acceptors (Lipinski definition) is 3. The van der Waals surface area contributed by atoms with E-state index < -0.39 is 11.9 Å². The number of benzene rings is 1. The van der Waals surface area contributed by atoms with Gasteiger partial charge < -0.3 is 14.8 Å². The molecule has 2 N–H and O–H groups in total. The van der Waals surface area contributed by atoms with Crippen LogP contribution >= 0.6 is 0 Å². The molecule has 0 fully saturated rings. The summed E-state index contributed by atoms with van der Waals surface area (Å²) in [4.78, 5) is 26.0. The molecule has 1 aromatic carbocycles. The average Bonchev–Trinajstić information content (AvgIpc) is 2.74. The van der Waals surface area contributed by atoms with E-state index in [-0.39, 0.29) is 11.1 Å². The lowest BCUT2D eigenvalue weighted by Crippen LogP contribution is -2.07. The predicted octanol–water partition coefficient (Wildman–Crippen LogP) is 1.64. The fraction of sp³-hybridized carbons (Fsp3) is 0.154. The van der Waals surface area contributed by atoms with E-state index in [0.717, 1.165) is 11.9 Å². The number of aromatic carboxylic acids is 2. The molecule has 19 heavy (non-hydrogen) atoms. The highest BCUT2D eigenvalue weighted by molar-refractivity contribution is 5.94. The maximum Gasteiger partial charge on any atom is 0.335 e. The summed E-state index contributed by atoms with van der Waals surface area (Å²) in [5.41, 5.74) is 0.540. The van der Waals surface area contributed by atoms with Crippen molar-refractivity contribution in [3.63, 3.8) is 0 Å². The van der Waals surface area contributed by atoms with Crippen molar-refractivity contribution >= 4 is 11.9 Å². The second-order valence-electron chi connectivity index (χ2n) is 4.13. The Labute approximate surface area is 108 Å². The molecular formula is C13H12N2O4. The minimum absolute atomic E-state index is 0.0346. The van der Waals surface area contributed by atoms with Crippen molar-refractivity contribution in [2.75, 3.05) is 0 Å². The van der Waals surface area contributed by atoms with Gasteiger partial charge in [0.25, 0.3) is 0 Å². The fourth-order valence-electron chi connectivity index (χ4n) is 1.80. The quantitative estimate of drug-likeness (QED) is 0.871. The number of carboxylic acids is 2. The highest BCUT2D eigenvalue weighted by atomic mass is 16.4. The molecule has 0 radical (unpaired) electrons. The van der Waals surface area contributed by atoms with Gasteiger partial charge >= 0.3 is 11.9 Å². The van der Waals surface area contributed by atoms with Gasteiger partial charge in [-0.15, -0.1) is 0 Å². The molecule has 0 aliphatic rings. The molecule has 1 aromatic heterocycles. The van der Waals surface area contributed by atoms with E-state index in [4.69, 9.17) is 10.2 Å². The Morgan fingerprint density at radius 2 is 1.74 bits per heavy atom. The Morgan fingerprint density at radius 1 is 1.16 bits per heavy atom. The van der Waals surface area contributed by atoms with E-state index in [1.165, 1.54) is 12.1 Å². The van der Waals surface area contributed by atoms with Crippen LogP contribution in [0.1, 0.15) is 32.1 Å². The van der Waals surface area contributed by atoms with Crippen molar-refractivity contribution in [1.82, 2.24) is 9.55 Å². The summed E-state index contributed by atoms with van der Waals surface area (Å²) >= 11 is 0. The zero-order valence-corrected chi connectivity index (χ0v) is 10.2. The van der Waals surface area contributed by atoms with Crippen molar-refractivity contribution in [2.24, 2.45) is 0 Å². The second kappa shape index (κ2) is 4.93. The first-order valence-electron chi connectivity index (χ1n) is 5.55. The summed E-state index contributed by atoms with van der Waals surface area (Å²) < 4.78 is 1.81. The fourth-order valence-corrected chi connectivity index (χ4v) is 1.80. The molecule has 2 aromatic rings. The number of aromatic nitrogens is 2. The Morgan fingerprint density at radius 3 is 2.16 bits per heavy atom. The smallest absolute Gasteiger partial charge is 0.335 e. The van der Waals surface area contributed by atoms with Gasteiger partial charge in [-0.3, -0.25) is 0 Å². The van der Waals surface area contributed by atoms with Crippen LogP contribution in [-0.2, 0) is 6.54 Å². The van der Waals surface area contributed by atoms with Crippen LogP contribution in [0.3, 0.4) is 0 Å². The maximum absolute atomic E-state index is 11.0. The van der Waals surface area contributed by atoms with Gasteiger partial charge in [0.05, 0.1) is 11.1 Å². The van der Waals surface area contributed by atoms with E-state index in [0.29, 0.717) is 12.1 Å². The second-order valence-corrected chi connectivity index (χ2v) is 4.13. The number of rotatable bonds is 4. The van der Waals surface area contributed by atoms with Crippen molar-refractivity contribution in [1.29, 1.82) is 0 Å². The van der Waals surface area contributed by atoms with E-state index in [1.54, 1.807) is 12.4 Å². The van der Waals surface area contributed by atoms with Crippen LogP contribution in [0.15, 0.2) is 30.6 Å². The Bertz CT molecular complexity index is 614. The number of carbonyl (C=O) groups is 2. The van der Waals surface area contributed by atoms with Crippen molar-refractivity contribution in [2.45, 2.75) is 13.5 Å². The number of hydrogen-bond donors (Lipinski definition) is 2. The number of carboxylic acid groups (broad SMARTS) is 2. The minimum atomic E-state index is -1.15. The number of aryl methyl sites for hydroxylation is 1. The molecule has 0 aliphatic heterocycles. The van der Waals surface area contributed by atoms with Crippen LogP contribution < -0.4 is 0 Å². The lowest BCUT2D eigenvalue weighted by molar-refractivity contribution is 0.0696. The highest BCUT2D eigenvalue weighted by Gasteiger charge is 2.12. The largest absolute Gasteiger partial charge is 0.478 e. The predicted molar refractivity (Wildman–Crippen MR) is 66.4 cm³/mol. The molecule has 0 spiro atoms. The molecule has 0 atom stereocenters. The van der Waals surface area contributed by atoms with Crippen molar-refractivity contribution in [3.8, 4) is 0 Å². The third kappa shape index (κ3) is 2.79.